The van der Waals surface area contributed by atoms with E-state index in [0.29, 0.717) is 23.7 Å². The van der Waals surface area contributed by atoms with Gasteiger partial charge >= 0.3 is 12.4 Å². The molecule has 3 nitrogen and oxygen atoms in total. The second-order valence-electron chi connectivity index (χ2n) is 7.98. The molecule has 0 saturated carbocycles. The van der Waals surface area contributed by atoms with Crippen molar-refractivity contribution in [3.8, 4) is 0 Å². The highest BCUT2D eigenvalue weighted by Crippen LogP contribution is 2.36. The zero-order chi connectivity index (χ0) is 24.1. The molecule has 1 aromatic carbocycles. The van der Waals surface area contributed by atoms with Crippen LogP contribution in [0.5, 0.6) is 0 Å². The number of alkyl halides is 6. The van der Waals surface area contributed by atoms with E-state index >= 15 is 0 Å². The van der Waals surface area contributed by atoms with Crippen molar-refractivity contribution in [2.24, 2.45) is 0 Å². The Kier molecular flexibility index (Phi) is 8.76. The Morgan fingerprint density at radius 3 is 2.18 bits per heavy atom. The Morgan fingerprint density at radius 2 is 1.64 bits per heavy atom. The molecule has 1 atom stereocenters. The smallest absolute Gasteiger partial charge is 0.374 e. The third kappa shape index (κ3) is 7.66. The zero-order valence-electron chi connectivity index (χ0n) is 17.7. The van der Waals surface area contributed by atoms with E-state index in [2.05, 4.69) is 15.5 Å². The van der Waals surface area contributed by atoms with Gasteiger partial charge in [0.2, 0.25) is 0 Å². The average Bonchev–Trinajstić information content (AvgIpc) is 3.29. The van der Waals surface area contributed by atoms with Crippen molar-refractivity contribution >= 4 is 28.5 Å². The van der Waals surface area contributed by atoms with Crippen LogP contribution in [0.3, 0.4) is 0 Å². The van der Waals surface area contributed by atoms with Gasteiger partial charge in [-0.15, -0.1) is 0 Å². The van der Waals surface area contributed by atoms with Crippen molar-refractivity contribution in [2.45, 2.75) is 44.2 Å². The minimum absolute atomic E-state index is 0.123. The van der Waals surface area contributed by atoms with E-state index in [9.17, 15) is 26.3 Å². The summed E-state index contributed by atoms with van der Waals surface area (Å²) in [4.78, 5) is 2.68. The highest BCUT2D eigenvalue weighted by Gasteiger charge is 2.36. The molecule has 0 radical (unpaired) electrons. The topological polar surface area (TPSA) is 27.3 Å². The lowest BCUT2D eigenvalue weighted by molar-refractivity contribution is -0.143. The van der Waals surface area contributed by atoms with Gasteiger partial charge in [0.05, 0.1) is 22.2 Å². The molecular formula is C22H25F6N3S2. The Morgan fingerprint density at radius 1 is 1.00 bits per heavy atom. The second-order valence-corrected chi connectivity index (χ2v) is 9.20. The van der Waals surface area contributed by atoms with Crippen molar-refractivity contribution in [2.75, 3.05) is 26.2 Å². The van der Waals surface area contributed by atoms with Crippen molar-refractivity contribution in [3.63, 3.8) is 0 Å². The van der Waals surface area contributed by atoms with Gasteiger partial charge in [0.1, 0.15) is 0 Å². The van der Waals surface area contributed by atoms with E-state index in [1.54, 1.807) is 0 Å². The molecule has 2 aromatic rings. The molecule has 0 aliphatic carbocycles. The fourth-order valence-electron chi connectivity index (χ4n) is 3.76. The lowest BCUT2D eigenvalue weighted by Crippen LogP contribution is -2.41. The largest absolute Gasteiger partial charge is 0.416 e. The van der Waals surface area contributed by atoms with Crippen LogP contribution in [0.2, 0.25) is 0 Å². The SMILES string of the molecule is FC(F)(F)c1cc(CNC(=S)[C@@H](NCCN2CCCCC2)c2ccsc2)cc(C(F)(F)F)c1. The molecule has 33 heavy (non-hydrogen) atoms. The molecule has 182 valence electrons. The fraction of sp³-hybridized carbons (Fsp3) is 0.500. The summed E-state index contributed by atoms with van der Waals surface area (Å²) in [6, 6.07) is 3.06. The summed E-state index contributed by atoms with van der Waals surface area (Å²) in [6.07, 6.45) is -6.19. The molecule has 0 bridgehead atoms. The average molecular weight is 510 g/mol. The number of piperidine rings is 1. The molecule has 1 aromatic heterocycles. The summed E-state index contributed by atoms with van der Waals surface area (Å²) in [6.45, 7) is 3.34. The Balaban J connectivity index is 1.68. The first-order valence-corrected chi connectivity index (χ1v) is 11.9. The maximum Gasteiger partial charge on any atom is 0.416 e. The van der Waals surface area contributed by atoms with Crippen LogP contribution in [-0.2, 0) is 18.9 Å². The molecule has 2 heterocycles. The normalized spacial score (nSPS) is 16.5. The first kappa shape index (κ1) is 25.9. The van der Waals surface area contributed by atoms with Crippen LogP contribution in [0.15, 0.2) is 35.0 Å². The lowest BCUT2D eigenvalue weighted by Gasteiger charge is -2.28. The van der Waals surface area contributed by atoms with Crippen LogP contribution < -0.4 is 10.6 Å². The van der Waals surface area contributed by atoms with E-state index in [4.69, 9.17) is 12.2 Å². The summed E-state index contributed by atoms with van der Waals surface area (Å²) in [5.41, 5.74) is -1.92. The van der Waals surface area contributed by atoms with Crippen molar-refractivity contribution in [1.29, 1.82) is 0 Å². The van der Waals surface area contributed by atoms with Crippen LogP contribution in [0.4, 0.5) is 26.3 Å². The van der Waals surface area contributed by atoms with E-state index in [1.807, 2.05) is 16.8 Å². The van der Waals surface area contributed by atoms with Crippen molar-refractivity contribution in [1.82, 2.24) is 15.5 Å². The van der Waals surface area contributed by atoms with Crippen LogP contribution in [-0.4, -0.2) is 36.1 Å². The lowest BCUT2D eigenvalue weighted by atomic mass is 10.0. The van der Waals surface area contributed by atoms with Gasteiger partial charge in [-0.3, -0.25) is 0 Å². The Hall–Kier alpha value is -1.69. The Labute approximate surface area is 198 Å². The van der Waals surface area contributed by atoms with Gasteiger partial charge in [-0.05, 0) is 72.1 Å². The molecular weight excluding hydrogens is 484 g/mol. The third-order valence-electron chi connectivity index (χ3n) is 5.48. The Bertz CT molecular complexity index is 874. The molecule has 1 fully saturated rings. The number of likely N-dealkylation sites (tertiary alicyclic amines) is 1. The minimum atomic E-state index is -4.88. The van der Waals surface area contributed by atoms with Gasteiger partial charge in [0.15, 0.2) is 0 Å². The molecule has 1 aliphatic heterocycles. The first-order valence-electron chi connectivity index (χ1n) is 10.6. The summed E-state index contributed by atoms with van der Waals surface area (Å²) < 4.78 is 78.7. The summed E-state index contributed by atoms with van der Waals surface area (Å²) >= 11 is 6.96. The quantitative estimate of drug-likeness (QED) is 0.336. The van der Waals surface area contributed by atoms with E-state index in [1.165, 1.54) is 30.6 Å². The highest BCUT2D eigenvalue weighted by atomic mass is 32.1. The van der Waals surface area contributed by atoms with Crippen molar-refractivity contribution in [3.05, 3.63) is 57.3 Å². The molecule has 0 amide bonds. The van der Waals surface area contributed by atoms with Crippen LogP contribution in [0.25, 0.3) is 0 Å². The van der Waals surface area contributed by atoms with E-state index < -0.39 is 23.5 Å². The molecule has 0 unspecified atom stereocenters. The maximum absolute atomic E-state index is 13.1. The minimum Gasteiger partial charge on any atom is -0.374 e. The van der Waals surface area contributed by atoms with E-state index in [0.717, 1.165) is 25.2 Å². The maximum atomic E-state index is 13.1. The summed E-state index contributed by atoms with van der Waals surface area (Å²) in [7, 11) is 0. The molecule has 1 saturated heterocycles. The molecule has 0 spiro atoms. The van der Waals surface area contributed by atoms with Gasteiger partial charge in [0, 0.05) is 19.6 Å². The molecule has 11 heteroatoms. The number of benzene rings is 1. The highest BCUT2D eigenvalue weighted by molar-refractivity contribution is 7.80. The monoisotopic (exact) mass is 509 g/mol. The number of hydrogen-bond donors (Lipinski definition) is 2. The van der Waals surface area contributed by atoms with Crippen molar-refractivity contribution < 1.29 is 26.3 Å². The van der Waals surface area contributed by atoms with Gasteiger partial charge in [0.25, 0.3) is 0 Å². The number of nitrogens with zero attached hydrogens (tertiary/aromatic N) is 1. The predicted molar refractivity (Wildman–Crippen MR) is 121 cm³/mol. The summed E-state index contributed by atoms with van der Waals surface area (Å²) in [5, 5.41) is 10.0. The second kappa shape index (κ2) is 11.2. The van der Waals surface area contributed by atoms with Crippen LogP contribution in [0.1, 0.15) is 47.6 Å². The van der Waals surface area contributed by atoms with Crippen LogP contribution >= 0.6 is 23.6 Å². The number of thiocarbonyl (C=S) groups is 1. The molecule has 1 aliphatic rings. The summed E-state index contributed by atoms with van der Waals surface area (Å²) in [5.74, 6) is 0. The zero-order valence-corrected chi connectivity index (χ0v) is 19.4. The third-order valence-corrected chi connectivity index (χ3v) is 6.56. The predicted octanol–water partition coefficient (Wildman–Crippen LogP) is 6.02. The van der Waals surface area contributed by atoms with Gasteiger partial charge in [-0.2, -0.15) is 37.7 Å². The first-order chi connectivity index (χ1) is 15.5. The van der Waals surface area contributed by atoms with Gasteiger partial charge < -0.3 is 15.5 Å². The standard InChI is InChI=1S/C22H25F6N3S2/c23-21(24,25)17-10-15(11-18(12-17)22(26,27)28)13-30-20(32)19(16-4-9-33-14-16)29-5-8-31-6-2-1-3-7-31/h4,9-12,14,19,29H,1-3,5-8,13H2,(H,30,32)/t19-/m0/s1. The molecule has 3 rings (SSSR count). The number of hydrogen-bond acceptors (Lipinski definition) is 4. The number of nitrogens with one attached hydrogen (secondary N) is 2. The number of thiophene rings is 1. The number of halogens is 6. The van der Waals surface area contributed by atoms with Gasteiger partial charge in [-0.1, -0.05) is 18.6 Å². The number of rotatable bonds is 8. The molecule has 2 N–H and O–H groups in total. The van der Waals surface area contributed by atoms with Gasteiger partial charge in [-0.25, -0.2) is 0 Å². The van der Waals surface area contributed by atoms with E-state index in [-0.39, 0.29) is 24.2 Å². The fourth-order valence-corrected chi connectivity index (χ4v) is 4.74. The van der Waals surface area contributed by atoms with Crippen LogP contribution in [0, 0.1) is 0 Å².